The molecule has 1 atom stereocenters. The molecule has 1 heterocycles. The van der Waals surface area contributed by atoms with Crippen LogP contribution in [0.3, 0.4) is 0 Å². The molecule has 1 fully saturated rings. The first-order chi connectivity index (χ1) is 6.68. The van der Waals surface area contributed by atoms with E-state index in [0.29, 0.717) is 16.6 Å². The summed E-state index contributed by atoms with van der Waals surface area (Å²) in [5.74, 6) is -0.312. The molecule has 3 nitrogen and oxygen atoms in total. The maximum absolute atomic E-state index is 13.4. The quantitative estimate of drug-likeness (QED) is 0.795. The molecule has 1 aliphatic rings. The highest BCUT2D eigenvalue weighted by Crippen LogP contribution is 2.27. The van der Waals surface area contributed by atoms with Crippen LogP contribution in [0.5, 0.6) is 0 Å². The summed E-state index contributed by atoms with van der Waals surface area (Å²) < 4.78 is 14.1. The third-order valence-electron chi connectivity index (χ3n) is 2.12. The largest absolute Gasteiger partial charge is 0.336 e. The van der Waals surface area contributed by atoms with E-state index in [2.05, 4.69) is 26.6 Å². The highest BCUT2D eigenvalue weighted by atomic mass is 79.9. The number of halogens is 2. The molecule has 0 saturated carbocycles. The second-order valence-electron chi connectivity index (χ2n) is 3.04. The average molecular weight is 259 g/mol. The first kappa shape index (κ1) is 9.45. The van der Waals surface area contributed by atoms with Gasteiger partial charge in [0.15, 0.2) is 0 Å². The van der Waals surface area contributed by atoms with Gasteiger partial charge in [0.1, 0.15) is 5.82 Å². The van der Waals surface area contributed by atoms with Crippen LogP contribution in [-0.2, 0) is 0 Å². The normalized spacial score (nSPS) is 20.4. The summed E-state index contributed by atoms with van der Waals surface area (Å²) in [6.45, 7) is 0.415. The number of urea groups is 1. The molecule has 1 aromatic carbocycles. The van der Waals surface area contributed by atoms with Gasteiger partial charge in [0, 0.05) is 16.6 Å². The Hall–Kier alpha value is -1.10. The van der Waals surface area contributed by atoms with E-state index in [1.54, 1.807) is 12.1 Å². The molecule has 1 saturated heterocycles. The van der Waals surface area contributed by atoms with E-state index in [-0.39, 0.29) is 17.9 Å². The number of benzene rings is 1. The Labute approximate surface area is 88.8 Å². The monoisotopic (exact) mass is 258 g/mol. The number of rotatable bonds is 1. The molecule has 74 valence electrons. The summed E-state index contributed by atoms with van der Waals surface area (Å²) in [6, 6.07) is 4.20. The van der Waals surface area contributed by atoms with E-state index in [9.17, 15) is 9.18 Å². The topological polar surface area (TPSA) is 41.1 Å². The minimum atomic E-state index is -0.312. The van der Waals surface area contributed by atoms with Crippen LogP contribution in [-0.4, -0.2) is 12.6 Å². The molecule has 2 amide bonds. The SMILES string of the molecule is O=C1NC[C@@H](c2c(F)cccc2Br)N1. The zero-order valence-electron chi connectivity index (χ0n) is 7.18. The van der Waals surface area contributed by atoms with Crippen molar-refractivity contribution in [3.05, 3.63) is 34.1 Å². The predicted molar refractivity (Wildman–Crippen MR) is 53.4 cm³/mol. The second kappa shape index (κ2) is 3.57. The Kier molecular flexibility index (Phi) is 2.41. The van der Waals surface area contributed by atoms with Crippen LogP contribution in [0.25, 0.3) is 0 Å². The van der Waals surface area contributed by atoms with Gasteiger partial charge in [0.05, 0.1) is 6.04 Å². The first-order valence-electron chi connectivity index (χ1n) is 4.17. The van der Waals surface area contributed by atoms with Gasteiger partial charge in [-0.2, -0.15) is 0 Å². The van der Waals surface area contributed by atoms with E-state index in [1.807, 2.05) is 0 Å². The second-order valence-corrected chi connectivity index (χ2v) is 3.90. The molecule has 0 aliphatic carbocycles. The van der Waals surface area contributed by atoms with Crippen molar-refractivity contribution in [1.82, 2.24) is 10.6 Å². The maximum Gasteiger partial charge on any atom is 0.315 e. The number of nitrogens with one attached hydrogen (secondary N) is 2. The van der Waals surface area contributed by atoms with Crippen molar-refractivity contribution in [2.24, 2.45) is 0 Å². The minimum absolute atomic E-state index is 0.259. The fourth-order valence-corrected chi connectivity index (χ4v) is 2.09. The van der Waals surface area contributed by atoms with Gasteiger partial charge < -0.3 is 10.6 Å². The van der Waals surface area contributed by atoms with Crippen LogP contribution in [0.1, 0.15) is 11.6 Å². The van der Waals surface area contributed by atoms with Crippen molar-refractivity contribution in [3.8, 4) is 0 Å². The molecule has 2 rings (SSSR count). The van der Waals surface area contributed by atoms with Crippen molar-refractivity contribution in [2.45, 2.75) is 6.04 Å². The molecule has 1 aliphatic heterocycles. The van der Waals surface area contributed by atoms with Crippen LogP contribution in [0.2, 0.25) is 0 Å². The fourth-order valence-electron chi connectivity index (χ4n) is 1.47. The zero-order valence-corrected chi connectivity index (χ0v) is 8.77. The molecule has 0 radical (unpaired) electrons. The van der Waals surface area contributed by atoms with Crippen molar-refractivity contribution in [1.29, 1.82) is 0 Å². The van der Waals surface area contributed by atoms with E-state index >= 15 is 0 Å². The minimum Gasteiger partial charge on any atom is -0.336 e. The molecule has 2 N–H and O–H groups in total. The van der Waals surface area contributed by atoms with Gasteiger partial charge in [-0.05, 0) is 12.1 Å². The van der Waals surface area contributed by atoms with Gasteiger partial charge in [-0.3, -0.25) is 0 Å². The number of carbonyl (C=O) groups excluding carboxylic acids is 1. The first-order valence-corrected chi connectivity index (χ1v) is 4.96. The van der Waals surface area contributed by atoms with Gasteiger partial charge in [0.2, 0.25) is 0 Å². The molecule has 0 bridgehead atoms. The van der Waals surface area contributed by atoms with Crippen LogP contribution in [0.4, 0.5) is 9.18 Å². The lowest BCUT2D eigenvalue weighted by atomic mass is 10.1. The molecule has 14 heavy (non-hydrogen) atoms. The Bertz CT molecular complexity index is 363. The van der Waals surface area contributed by atoms with Gasteiger partial charge in [-0.1, -0.05) is 22.0 Å². The molecule has 0 aromatic heterocycles. The van der Waals surface area contributed by atoms with Gasteiger partial charge in [0.25, 0.3) is 0 Å². The predicted octanol–water partition coefficient (Wildman–Crippen LogP) is 1.94. The third-order valence-corrected chi connectivity index (χ3v) is 2.81. The Balaban J connectivity index is 2.36. The molecule has 1 aromatic rings. The lowest BCUT2D eigenvalue weighted by Crippen LogP contribution is -2.22. The van der Waals surface area contributed by atoms with Gasteiger partial charge in [-0.25, -0.2) is 9.18 Å². The number of carbonyl (C=O) groups is 1. The fraction of sp³-hybridized carbons (Fsp3) is 0.222. The van der Waals surface area contributed by atoms with Crippen LogP contribution in [0.15, 0.2) is 22.7 Å². The van der Waals surface area contributed by atoms with Crippen molar-refractivity contribution < 1.29 is 9.18 Å². The van der Waals surface area contributed by atoms with E-state index in [4.69, 9.17) is 0 Å². The van der Waals surface area contributed by atoms with E-state index < -0.39 is 0 Å². The molecule has 0 spiro atoms. The summed E-state index contributed by atoms with van der Waals surface area (Å²) in [7, 11) is 0. The number of hydrogen-bond donors (Lipinski definition) is 2. The summed E-state index contributed by atoms with van der Waals surface area (Å²) in [6.07, 6.45) is 0. The highest BCUT2D eigenvalue weighted by molar-refractivity contribution is 9.10. The Morgan fingerprint density at radius 2 is 2.29 bits per heavy atom. The van der Waals surface area contributed by atoms with Crippen LogP contribution in [0, 0.1) is 5.82 Å². The summed E-state index contributed by atoms with van der Waals surface area (Å²) >= 11 is 3.26. The Morgan fingerprint density at radius 3 is 2.86 bits per heavy atom. The smallest absolute Gasteiger partial charge is 0.315 e. The standard InChI is InChI=1S/C9H8BrFN2O/c10-5-2-1-3-6(11)8(5)7-4-12-9(14)13-7/h1-3,7H,4H2,(H2,12,13,14)/t7-/m0/s1. The molecular weight excluding hydrogens is 251 g/mol. The van der Waals surface area contributed by atoms with Crippen LogP contribution >= 0.6 is 15.9 Å². The summed E-state index contributed by atoms with van der Waals surface area (Å²) in [5, 5.41) is 5.22. The highest BCUT2D eigenvalue weighted by Gasteiger charge is 2.25. The maximum atomic E-state index is 13.4. The molecular formula is C9H8BrFN2O. The lowest BCUT2D eigenvalue weighted by Gasteiger charge is -2.11. The van der Waals surface area contributed by atoms with Crippen molar-refractivity contribution in [2.75, 3.05) is 6.54 Å². The van der Waals surface area contributed by atoms with Gasteiger partial charge in [-0.15, -0.1) is 0 Å². The summed E-state index contributed by atoms with van der Waals surface area (Å²) in [4.78, 5) is 10.9. The van der Waals surface area contributed by atoms with E-state index in [1.165, 1.54) is 6.07 Å². The van der Waals surface area contributed by atoms with E-state index in [0.717, 1.165) is 0 Å². The third kappa shape index (κ3) is 1.59. The molecule has 5 heteroatoms. The Morgan fingerprint density at radius 1 is 1.50 bits per heavy atom. The van der Waals surface area contributed by atoms with Crippen molar-refractivity contribution >= 4 is 22.0 Å². The van der Waals surface area contributed by atoms with Crippen molar-refractivity contribution in [3.63, 3.8) is 0 Å². The number of hydrogen-bond acceptors (Lipinski definition) is 1. The van der Waals surface area contributed by atoms with Gasteiger partial charge >= 0.3 is 6.03 Å². The van der Waals surface area contributed by atoms with Crippen LogP contribution < -0.4 is 10.6 Å². The summed E-state index contributed by atoms with van der Waals surface area (Å²) in [5.41, 5.74) is 0.492. The lowest BCUT2D eigenvalue weighted by molar-refractivity contribution is 0.247. The average Bonchev–Trinajstić information content (AvgIpc) is 2.51. The molecule has 0 unspecified atom stereocenters. The number of amides is 2. The zero-order chi connectivity index (χ0) is 10.1.